The van der Waals surface area contributed by atoms with Crippen LogP contribution in [-0.2, 0) is 75.2 Å². The van der Waals surface area contributed by atoms with Crippen LogP contribution >= 0.6 is 11.8 Å². The average molecular weight is 1370 g/mol. The lowest BCUT2D eigenvalue weighted by Gasteiger charge is -2.30. The topological polar surface area (TPSA) is 429 Å². The molecule has 28 nitrogen and oxygen atoms in total. The van der Waals surface area contributed by atoms with Crippen molar-refractivity contribution in [3.05, 3.63) is 113 Å². The van der Waals surface area contributed by atoms with E-state index in [9.17, 15) is 82.4 Å². The van der Waals surface area contributed by atoms with Crippen LogP contribution in [0.4, 0.5) is 13.4 Å². The van der Waals surface area contributed by atoms with Crippen LogP contribution in [0.3, 0.4) is 0 Å². The molecule has 1 aromatic heterocycles. The third-order valence-corrected chi connectivity index (χ3v) is 17.9. The predicted octanol–water partition coefficient (Wildman–Crippen LogP) is 2.60. The van der Waals surface area contributed by atoms with Gasteiger partial charge >= 0.3 is 36.9 Å². The van der Waals surface area contributed by atoms with Gasteiger partial charge in [-0.15, -0.1) is 11.8 Å². The van der Waals surface area contributed by atoms with Crippen LogP contribution in [0.15, 0.2) is 84.6 Å². The highest BCUT2D eigenvalue weighted by molar-refractivity contribution is 8.00. The normalized spacial score (nSPS) is 16.3. The summed E-state index contributed by atoms with van der Waals surface area (Å²) in [7, 11) is 0. The molecule has 2 aromatic carbocycles. The molecule has 522 valence electrons. The number of amides is 8. The zero-order valence-corrected chi connectivity index (χ0v) is 54.5. The van der Waals surface area contributed by atoms with Crippen LogP contribution in [0.5, 0.6) is 0 Å². The van der Waals surface area contributed by atoms with Gasteiger partial charge in [0.05, 0.1) is 29.7 Å². The summed E-state index contributed by atoms with van der Waals surface area (Å²) in [6, 6.07) is 12.1. The monoisotopic (exact) mass is 1370 g/mol. The summed E-state index contributed by atoms with van der Waals surface area (Å²) in [6.07, 6.45) is 1.68. The molecule has 0 saturated carbocycles. The third-order valence-electron chi connectivity index (χ3n) is 16.5. The summed E-state index contributed by atoms with van der Waals surface area (Å²) < 4.78 is 33.6. The predicted molar refractivity (Wildman–Crippen MR) is 348 cm³/mol. The number of unbranched alkanes of at least 4 members (excludes halogenated alkanes) is 1. The molecule has 0 radical (unpaired) electrons. The number of halogens is 2. The summed E-state index contributed by atoms with van der Waals surface area (Å²) in [6.45, 7) is -1.94. The van der Waals surface area contributed by atoms with Crippen LogP contribution in [0.1, 0.15) is 118 Å². The smallest absolute Gasteiger partial charge is 0.481 e. The fraction of sp³-hybridized carbons (Fsp3) is 0.462. The fourth-order valence-electron chi connectivity index (χ4n) is 11.4. The molecule has 6 rings (SSSR count). The van der Waals surface area contributed by atoms with E-state index in [2.05, 4.69) is 31.9 Å². The molecular formula is C65H81BF2N10O18S. The number of aliphatic carboxylic acids is 4. The van der Waals surface area contributed by atoms with Crippen molar-refractivity contribution in [1.82, 2.24) is 41.3 Å². The van der Waals surface area contributed by atoms with E-state index in [4.69, 9.17) is 10.8 Å². The van der Waals surface area contributed by atoms with Gasteiger partial charge in [0.25, 0.3) is 0 Å². The van der Waals surface area contributed by atoms with Crippen molar-refractivity contribution in [2.75, 3.05) is 31.9 Å². The number of nitrogens with zero attached hydrogens (tertiary/aromatic N) is 3. The highest BCUT2D eigenvalue weighted by atomic mass is 32.2. The zero-order chi connectivity index (χ0) is 71.1. The second-order valence-corrected chi connectivity index (χ2v) is 25.2. The number of carbonyl (C=O) groups excluding carboxylic acids is 10. The molecule has 7 atom stereocenters. The molecule has 0 aliphatic carbocycles. The van der Waals surface area contributed by atoms with Gasteiger partial charge in [-0.3, -0.25) is 62.4 Å². The van der Waals surface area contributed by atoms with Crippen molar-refractivity contribution in [2.24, 2.45) is 17.6 Å². The van der Waals surface area contributed by atoms with Gasteiger partial charge in [0.2, 0.25) is 35.4 Å². The number of carbonyl (C=O) groups is 14. The number of nitrogens with two attached hydrogens (primary N) is 1. The molecular weight excluding hydrogens is 1290 g/mol. The Hall–Kier alpha value is -9.72. The van der Waals surface area contributed by atoms with Crippen molar-refractivity contribution >= 4 is 113 Å². The number of allylic oxidation sites excluding steroid dienone is 2. The first-order valence-electron chi connectivity index (χ1n) is 31.7. The van der Waals surface area contributed by atoms with Crippen LogP contribution in [0.2, 0.25) is 0 Å². The maximum Gasteiger partial charge on any atom is 0.737 e. The summed E-state index contributed by atoms with van der Waals surface area (Å²) in [5, 5.41) is 51.8. The highest BCUT2D eigenvalue weighted by Crippen LogP contribution is 2.35. The zero-order valence-electron chi connectivity index (χ0n) is 53.6. The van der Waals surface area contributed by atoms with E-state index in [1.165, 1.54) is 6.08 Å². The van der Waals surface area contributed by atoms with Gasteiger partial charge in [0.1, 0.15) is 23.6 Å². The number of aryl methyl sites for hydroxylation is 2. The highest BCUT2D eigenvalue weighted by Gasteiger charge is 2.52. The second-order valence-electron chi connectivity index (χ2n) is 24.0. The van der Waals surface area contributed by atoms with Gasteiger partial charge in [-0.25, -0.2) is 9.59 Å². The minimum atomic E-state index is -4.24. The van der Waals surface area contributed by atoms with Crippen molar-refractivity contribution < 1.29 is 101 Å². The van der Waals surface area contributed by atoms with Gasteiger partial charge < -0.3 is 75.7 Å². The number of hydrogen-bond donors (Lipinski definition) is 11. The summed E-state index contributed by atoms with van der Waals surface area (Å²) in [5.41, 5.74) is 9.52. The van der Waals surface area contributed by atoms with Crippen molar-refractivity contribution in [3.63, 3.8) is 0 Å². The maximum absolute atomic E-state index is 15.8. The number of ketones is 3. The Kier molecular flexibility index (Phi) is 28.6. The number of rotatable bonds is 42. The van der Waals surface area contributed by atoms with Crippen LogP contribution in [-0.4, -0.2) is 191 Å². The van der Waals surface area contributed by atoms with E-state index < -0.39 is 157 Å². The standard InChI is InChI=1S/C65H81BF2N10O18S/c1-38-28-39(2)77-51(38)33-45-20-19-44(78(45)66(77,67)68)21-24-55(82)70-26-27-76-57(84)35-54(62(76)91)97-37-43(63(92)93)32-53(81)50(34-59(87)88)74-61(90)47(69)36-72-60(89)42(29-40-12-5-3-6-13-40)31-52(80)49(30-41-14-7-4-8-15-41)73-56(83)17-10-9-16-46(79)22-23-48(64(94)95)75-65(96)71-25-11-18-58(85)86/h3-8,12-15,19-20,28,33,42-43,47-50,54H,9-11,16-18,21-27,29-32,34-37,69H2,1-2H3,(H,70,82)(H,72,89)(H,73,83)(H,74,90)(H,85,86)(H,87,88)(H,92,93)(H,94,95)(H2,71,75,96)/t42-,43+,47+,48+,49+,50+,54?/m1/s1. The molecule has 32 heteroatoms. The Balaban J connectivity index is 0.971. The summed E-state index contributed by atoms with van der Waals surface area (Å²) in [5.74, 6) is -14.8. The lowest BCUT2D eigenvalue weighted by Crippen LogP contribution is -2.53. The van der Waals surface area contributed by atoms with Gasteiger partial charge in [0, 0.05) is 120 Å². The third kappa shape index (κ3) is 23.0. The van der Waals surface area contributed by atoms with E-state index in [0.717, 1.165) is 25.6 Å². The fourth-order valence-corrected chi connectivity index (χ4v) is 12.6. The Morgan fingerprint density at radius 2 is 1.32 bits per heavy atom. The molecule has 0 spiro atoms. The van der Waals surface area contributed by atoms with Crippen molar-refractivity contribution in [2.45, 2.75) is 146 Å². The summed E-state index contributed by atoms with van der Waals surface area (Å²) in [4.78, 5) is 181. The molecule has 3 aliphatic heterocycles. The molecule has 4 heterocycles. The molecule has 8 amide bonds. The molecule has 3 aromatic rings. The SMILES string of the molecule is Cc1cc(C)n2c1C=C1C=CC(CCC(=O)NCCN3C(=O)CC(SC[C@H](CC(=O)[C@H](CC(=O)O)NC(=O)[C@@H](N)CNC(=O)[C@@H](CC(=O)[C@H](Cc4ccccc4)NC(=O)CCCCC(=O)CC[C@H](NC(=O)NCCCC(=O)O)C(=O)O)Cc4ccccc4)C(=O)O)C3=O)=[N+]1[B-]2(F)F. The van der Waals surface area contributed by atoms with E-state index in [1.54, 1.807) is 92.7 Å². The molecule has 97 heavy (non-hydrogen) atoms. The average Bonchev–Trinajstić information content (AvgIpc) is 1.60. The Labute approximate surface area is 561 Å². The first kappa shape index (κ1) is 76.3. The van der Waals surface area contributed by atoms with Gasteiger partial charge in [0.15, 0.2) is 17.3 Å². The molecule has 3 aliphatic rings. The van der Waals surface area contributed by atoms with Crippen molar-refractivity contribution in [1.29, 1.82) is 0 Å². The molecule has 1 unspecified atom stereocenters. The Morgan fingerprint density at radius 3 is 1.97 bits per heavy atom. The summed E-state index contributed by atoms with van der Waals surface area (Å²) >= 11 is 0.766. The largest absolute Gasteiger partial charge is 0.737 e. The lowest BCUT2D eigenvalue weighted by atomic mass is 9.89. The number of imide groups is 1. The van der Waals surface area contributed by atoms with Gasteiger partial charge in [-0.05, 0) is 80.8 Å². The second kappa shape index (κ2) is 36.4. The first-order chi connectivity index (χ1) is 46.0. The Bertz CT molecular complexity index is 3570. The molecule has 0 bridgehead atoms. The van der Waals surface area contributed by atoms with E-state index >= 15 is 8.63 Å². The molecule has 1 fully saturated rings. The number of hydrogen-bond acceptors (Lipinski definition) is 16. The maximum atomic E-state index is 15.8. The van der Waals surface area contributed by atoms with Crippen LogP contribution in [0, 0.1) is 25.7 Å². The molecule has 12 N–H and O–H groups in total. The number of aromatic nitrogens is 1. The minimum Gasteiger partial charge on any atom is -0.481 e. The number of benzene rings is 2. The van der Waals surface area contributed by atoms with Gasteiger partial charge in [-0.1, -0.05) is 60.7 Å². The number of likely N-dealkylation sites (tertiary alicyclic amines) is 1. The quantitative estimate of drug-likeness (QED) is 0.0221. The number of nitrogens with one attached hydrogen (secondary N) is 6. The van der Waals surface area contributed by atoms with Crippen LogP contribution in [0.25, 0.3) is 6.08 Å². The number of urea groups is 1. The van der Waals surface area contributed by atoms with Crippen LogP contribution < -0.4 is 37.6 Å². The van der Waals surface area contributed by atoms with E-state index in [1.807, 2.05) is 0 Å². The minimum absolute atomic E-state index is 0.00359. The van der Waals surface area contributed by atoms with E-state index in [-0.39, 0.29) is 115 Å². The number of thioether (sulfide) groups is 1. The number of carboxylic acid groups (broad SMARTS) is 4. The van der Waals surface area contributed by atoms with Gasteiger partial charge in [-0.2, -0.15) is 0 Å². The molecule has 1 saturated heterocycles. The first-order valence-corrected chi connectivity index (χ1v) is 32.8. The van der Waals surface area contributed by atoms with Crippen molar-refractivity contribution in [3.8, 4) is 0 Å². The number of Topliss-reactive ketones (excluding diaryl/α,β-unsaturated/α-hetero) is 3. The number of fused-ring (bicyclic) bond motifs is 2. The number of carboxylic acids is 4. The Morgan fingerprint density at radius 1 is 0.670 bits per heavy atom. The van der Waals surface area contributed by atoms with E-state index in [0.29, 0.717) is 33.8 Å². The lowest BCUT2D eigenvalue weighted by molar-refractivity contribution is -0.362.